The van der Waals surface area contributed by atoms with Crippen LogP contribution in [-0.4, -0.2) is 36.3 Å². The maximum absolute atomic E-state index is 12.7. The van der Waals surface area contributed by atoms with E-state index in [-0.39, 0.29) is 17.6 Å². The van der Waals surface area contributed by atoms with Crippen molar-refractivity contribution in [2.45, 2.75) is 26.2 Å². The van der Waals surface area contributed by atoms with Crippen molar-refractivity contribution in [1.29, 1.82) is 0 Å². The highest BCUT2D eigenvalue weighted by atomic mass is 16.1. The van der Waals surface area contributed by atoms with E-state index >= 15 is 0 Å². The van der Waals surface area contributed by atoms with E-state index in [0.717, 1.165) is 48.8 Å². The van der Waals surface area contributed by atoms with Gasteiger partial charge in [-0.25, -0.2) is 0 Å². The van der Waals surface area contributed by atoms with Crippen molar-refractivity contribution in [3.63, 3.8) is 0 Å². The molecule has 4 N–H and O–H groups in total. The molecule has 0 aliphatic carbocycles. The fourth-order valence-corrected chi connectivity index (χ4v) is 3.55. The van der Waals surface area contributed by atoms with Crippen molar-refractivity contribution in [3.05, 3.63) is 35.5 Å². The van der Waals surface area contributed by atoms with Crippen LogP contribution in [0.4, 0.5) is 0 Å². The number of Topliss-reactive ketones (excluding diaryl/α,β-unsaturated/α-hetero) is 1. The molecule has 0 unspecified atom stereocenters. The fraction of sp³-hybridized carbons (Fsp3) is 0.444. The van der Waals surface area contributed by atoms with Gasteiger partial charge in [0.25, 0.3) is 0 Å². The lowest BCUT2D eigenvalue weighted by Crippen LogP contribution is -3.14. The van der Waals surface area contributed by atoms with Crippen LogP contribution < -0.4 is 10.6 Å². The van der Waals surface area contributed by atoms with Crippen molar-refractivity contribution in [3.8, 4) is 0 Å². The lowest BCUT2D eigenvalue weighted by Gasteiger charge is -2.27. The van der Waals surface area contributed by atoms with Crippen LogP contribution in [0.3, 0.4) is 0 Å². The van der Waals surface area contributed by atoms with E-state index in [1.165, 1.54) is 10.5 Å². The minimum absolute atomic E-state index is 0.0194. The van der Waals surface area contributed by atoms with E-state index in [1.54, 1.807) is 0 Å². The van der Waals surface area contributed by atoms with Gasteiger partial charge in [-0.05, 0) is 12.0 Å². The van der Waals surface area contributed by atoms with Crippen LogP contribution in [0.25, 0.3) is 10.9 Å². The Bertz CT molecular complexity index is 727. The third-order valence-corrected chi connectivity index (χ3v) is 4.99. The highest BCUT2D eigenvalue weighted by Gasteiger charge is 2.27. The van der Waals surface area contributed by atoms with Crippen LogP contribution in [0.5, 0.6) is 0 Å². The zero-order valence-electron chi connectivity index (χ0n) is 13.5. The maximum atomic E-state index is 12.7. The number of hydrogen-bond acceptors (Lipinski definition) is 2. The van der Waals surface area contributed by atoms with Gasteiger partial charge in [-0.2, -0.15) is 0 Å². The number of benzene rings is 1. The fourth-order valence-electron chi connectivity index (χ4n) is 3.55. The molecule has 1 saturated heterocycles. The SMILES string of the molecule is CCc1cccc2c(C(=O)C[NH+]3CCC(C(N)=O)CC3)c[nH]c12. The Morgan fingerprint density at radius 3 is 2.70 bits per heavy atom. The van der Waals surface area contributed by atoms with Crippen LogP contribution in [0.1, 0.15) is 35.7 Å². The molecule has 2 aromatic rings. The number of quaternary nitrogens is 1. The van der Waals surface area contributed by atoms with Gasteiger partial charge in [0.05, 0.1) is 13.1 Å². The van der Waals surface area contributed by atoms with E-state index in [0.29, 0.717) is 6.54 Å². The molecule has 5 heteroatoms. The molecular weight excluding hydrogens is 290 g/mol. The average molecular weight is 314 g/mol. The minimum atomic E-state index is -0.209. The van der Waals surface area contributed by atoms with Gasteiger partial charge in [0, 0.05) is 41.4 Å². The van der Waals surface area contributed by atoms with Crippen molar-refractivity contribution < 1.29 is 14.5 Å². The van der Waals surface area contributed by atoms with Gasteiger partial charge in [0.2, 0.25) is 11.7 Å². The van der Waals surface area contributed by atoms with Crippen LogP contribution in [0, 0.1) is 5.92 Å². The zero-order valence-corrected chi connectivity index (χ0v) is 13.5. The number of aromatic amines is 1. The quantitative estimate of drug-likeness (QED) is 0.710. The second-order valence-electron chi connectivity index (χ2n) is 6.42. The first-order chi connectivity index (χ1) is 11.1. The number of para-hydroxylation sites is 1. The monoisotopic (exact) mass is 314 g/mol. The number of nitrogens with two attached hydrogens (primary N) is 1. The molecule has 2 heterocycles. The maximum Gasteiger partial charge on any atom is 0.220 e. The number of likely N-dealkylation sites (tertiary alicyclic amines) is 1. The number of rotatable bonds is 5. The molecule has 0 spiro atoms. The van der Waals surface area contributed by atoms with Gasteiger partial charge in [-0.15, -0.1) is 0 Å². The normalized spacial score (nSPS) is 21.4. The molecule has 23 heavy (non-hydrogen) atoms. The van der Waals surface area contributed by atoms with E-state index in [9.17, 15) is 9.59 Å². The number of nitrogens with one attached hydrogen (secondary N) is 2. The molecule has 3 rings (SSSR count). The van der Waals surface area contributed by atoms with Gasteiger partial charge >= 0.3 is 0 Å². The van der Waals surface area contributed by atoms with Crippen LogP contribution >= 0.6 is 0 Å². The predicted octanol–water partition coefficient (Wildman–Crippen LogP) is 0.693. The Morgan fingerprint density at radius 2 is 2.04 bits per heavy atom. The first-order valence-corrected chi connectivity index (χ1v) is 8.35. The number of fused-ring (bicyclic) bond motifs is 1. The Hall–Kier alpha value is -2.14. The highest BCUT2D eigenvalue weighted by molar-refractivity contribution is 6.08. The number of amides is 1. The zero-order chi connectivity index (χ0) is 16.4. The molecule has 1 aromatic carbocycles. The lowest BCUT2D eigenvalue weighted by molar-refractivity contribution is -0.897. The van der Waals surface area contributed by atoms with Gasteiger partial charge < -0.3 is 15.6 Å². The summed E-state index contributed by atoms with van der Waals surface area (Å²) in [6, 6.07) is 6.11. The molecule has 0 atom stereocenters. The summed E-state index contributed by atoms with van der Waals surface area (Å²) in [7, 11) is 0. The van der Waals surface area contributed by atoms with E-state index in [4.69, 9.17) is 5.73 Å². The van der Waals surface area contributed by atoms with Gasteiger partial charge in [0.1, 0.15) is 6.54 Å². The standard InChI is InChI=1S/C18H23N3O2/c1-2-12-4-3-5-14-15(10-20-17(12)14)16(22)11-21-8-6-13(7-9-21)18(19)23/h3-5,10,13,20H,2,6-9,11H2,1H3,(H2,19,23)/p+1. The molecule has 0 bridgehead atoms. The summed E-state index contributed by atoms with van der Waals surface area (Å²) in [5.74, 6) is -0.0646. The van der Waals surface area contributed by atoms with Gasteiger partial charge in [0.15, 0.2) is 0 Å². The third-order valence-electron chi connectivity index (χ3n) is 4.99. The second kappa shape index (κ2) is 6.54. The minimum Gasteiger partial charge on any atom is -0.369 e. The third kappa shape index (κ3) is 3.15. The smallest absolute Gasteiger partial charge is 0.220 e. The second-order valence-corrected chi connectivity index (χ2v) is 6.42. The number of carbonyl (C=O) groups is 2. The number of primary amides is 1. The number of carbonyl (C=O) groups excluding carboxylic acids is 2. The summed E-state index contributed by atoms with van der Waals surface area (Å²) < 4.78 is 0. The molecule has 122 valence electrons. The van der Waals surface area contributed by atoms with E-state index in [2.05, 4.69) is 18.0 Å². The first kappa shape index (κ1) is 15.7. The highest BCUT2D eigenvalue weighted by Crippen LogP contribution is 2.22. The molecule has 1 aliphatic rings. The molecule has 0 radical (unpaired) electrons. The summed E-state index contributed by atoms with van der Waals surface area (Å²) >= 11 is 0. The van der Waals surface area contributed by atoms with E-state index < -0.39 is 0 Å². The molecular formula is C18H24N3O2+. The number of hydrogen-bond donors (Lipinski definition) is 3. The number of piperidine rings is 1. The molecule has 1 aromatic heterocycles. The largest absolute Gasteiger partial charge is 0.369 e. The Morgan fingerprint density at radius 1 is 1.30 bits per heavy atom. The van der Waals surface area contributed by atoms with Crippen LogP contribution in [0.2, 0.25) is 0 Å². The summed E-state index contributed by atoms with van der Waals surface area (Å²) in [6.07, 6.45) is 4.34. The van der Waals surface area contributed by atoms with Crippen molar-refractivity contribution in [2.75, 3.05) is 19.6 Å². The summed E-state index contributed by atoms with van der Waals surface area (Å²) in [4.78, 5) is 28.4. The number of aromatic nitrogens is 1. The first-order valence-electron chi connectivity index (χ1n) is 8.35. The van der Waals surface area contributed by atoms with Crippen molar-refractivity contribution >= 4 is 22.6 Å². The van der Waals surface area contributed by atoms with Gasteiger partial charge in [-0.1, -0.05) is 25.1 Å². The molecule has 1 amide bonds. The number of ketones is 1. The van der Waals surface area contributed by atoms with E-state index in [1.807, 2.05) is 18.3 Å². The average Bonchev–Trinajstić information content (AvgIpc) is 2.99. The Labute approximate surface area is 135 Å². The Kier molecular flexibility index (Phi) is 4.48. The van der Waals surface area contributed by atoms with Gasteiger partial charge in [-0.3, -0.25) is 9.59 Å². The topological polar surface area (TPSA) is 80.4 Å². The predicted molar refractivity (Wildman–Crippen MR) is 89.5 cm³/mol. The Balaban J connectivity index is 1.71. The molecule has 1 aliphatic heterocycles. The molecule has 0 saturated carbocycles. The molecule has 1 fully saturated rings. The summed E-state index contributed by atoms with van der Waals surface area (Å²) in [5.41, 5.74) is 8.44. The number of H-pyrrole nitrogens is 1. The van der Waals surface area contributed by atoms with Crippen molar-refractivity contribution in [2.24, 2.45) is 11.7 Å². The summed E-state index contributed by atoms with van der Waals surface area (Å²) in [5, 5.41) is 1.01. The van der Waals surface area contributed by atoms with Crippen molar-refractivity contribution in [1.82, 2.24) is 4.98 Å². The number of aryl methyl sites for hydroxylation is 1. The lowest BCUT2D eigenvalue weighted by atomic mass is 9.96. The van der Waals surface area contributed by atoms with Crippen LogP contribution in [0.15, 0.2) is 24.4 Å². The van der Waals surface area contributed by atoms with Crippen LogP contribution in [-0.2, 0) is 11.2 Å². The summed E-state index contributed by atoms with van der Waals surface area (Å²) in [6.45, 7) is 4.27. The molecule has 5 nitrogen and oxygen atoms in total.